The molecule has 0 spiro atoms. The van der Waals surface area contributed by atoms with E-state index in [1.54, 1.807) is 0 Å². The average Bonchev–Trinajstić information content (AvgIpc) is 2.38. The summed E-state index contributed by atoms with van der Waals surface area (Å²) in [6, 6.07) is 8.63. The summed E-state index contributed by atoms with van der Waals surface area (Å²) in [4.78, 5) is 0. The van der Waals surface area contributed by atoms with Crippen LogP contribution in [0.25, 0.3) is 0 Å². The molecule has 0 bridgehead atoms. The highest BCUT2D eigenvalue weighted by atomic mass is 79.9. The van der Waals surface area contributed by atoms with Crippen molar-refractivity contribution in [3.05, 3.63) is 34.3 Å². The molecule has 0 amide bonds. The molecule has 18 heavy (non-hydrogen) atoms. The van der Waals surface area contributed by atoms with Gasteiger partial charge >= 0.3 is 0 Å². The molecule has 1 aromatic carbocycles. The number of benzene rings is 1. The Morgan fingerprint density at radius 2 is 2.17 bits per heavy atom. The molecule has 1 atom stereocenters. The molecular weight excluding hydrogens is 290 g/mol. The Morgan fingerprint density at radius 1 is 1.33 bits per heavy atom. The summed E-state index contributed by atoms with van der Waals surface area (Å²) in [5.41, 5.74) is 1.40. The van der Waals surface area contributed by atoms with Crippen LogP contribution in [0.15, 0.2) is 28.7 Å². The van der Waals surface area contributed by atoms with Crippen molar-refractivity contribution < 1.29 is 4.74 Å². The first-order valence-electron chi connectivity index (χ1n) is 6.81. The number of halogens is 1. The Hall–Kier alpha value is -0.380. The van der Waals surface area contributed by atoms with Crippen molar-refractivity contribution in [1.29, 1.82) is 0 Å². The number of rotatable bonds is 9. The van der Waals surface area contributed by atoms with E-state index in [0.717, 1.165) is 37.2 Å². The highest BCUT2D eigenvalue weighted by Crippen LogP contribution is 2.23. The summed E-state index contributed by atoms with van der Waals surface area (Å²) in [7, 11) is 0. The monoisotopic (exact) mass is 313 g/mol. The lowest BCUT2D eigenvalue weighted by molar-refractivity contribution is 0.141. The Kier molecular flexibility index (Phi) is 8.31. The Labute approximate surface area is 119 Å². The van der Waals surface area contributed by atoms with Gasteiger partial charge in [-0.2, -0.15) is 0 Å². The van der Waals surface area contributed by atoms with Gasteiger partial charge in [-0.1, -0.05) is 35.0 Å². The summed E-state index contributed by atoms with van der Waals surface area (Å²) in [6.07, 6.45) is 2.29. The molecule has 0 heterocycles. The van der Waals surface area contributed by atoms with E-state index in [-0.39, 0.29) is 0 Å². The summed E-state index contributed by atoms with van der Waals surface area (Å²) >= 11 is 3.55. The minimum atomic E-state index is 0.572. The van der Waals surface area contributed by atoms with Crippen LogP contribution >= 0.6 is 15.9 Å². The quantitative estimate of drug-likeness (QED) is 0.697. The molecular formula is C15H24BrNO. The van der Waals surface area contributed by atoms with E-state index in [1.807, 2.05) is 6.92 Å². The van der Waals surface area contributed by atoms with Gasteiger partial charge in [0.15, 0.2) is 0 Å². The van der Waals surface area contributed by atoms with Gasteiger partial charge in [-0.3, -0.25) is 0 Å². The van der Waals surface area contributed by atoms with E-state index in [2.05, 4.69) is 52.4 Å². The molecule has 1 rings (SSSR count). The zero-order valence-corrected chi connectivity index (χ0v) is 13.0. The van der Waals surface area contributed by atoms with Gasteiger partial charge in [-0.05, 0) is 49.9 Å². The lowest BCUT2D eigenvalue weighted by atomic mass is 9.94. The van der Waals surface area contributed by atoms with Crippen LogP contribution in [0.2, 0.25) is 0 Å². The SMILES string of the molecule is CCNCC(CCCOCC)c1cccc(Br)c1. The zero-order chi connectivity index (χ0) is 13.2. The van der Waals surface area contributed by atoms with Crippen LogP contribution in [0, 0.1) is 0 Å². The van der Waals surface area contributed by atoms with Gasteiger partial charge in [0.1, 0.15) is 0 Å². The van der Waals surface area contributed by atoms with Gasteiger partial charge < -0.3 is 10.1 Å². The van der Waals surface area contributed by atoms with Crippen molar-refractivity contribution in [2.24, 2.45) is 0 Å². The van der Waals surface area contributed by atoms with Gasteiger partial charge in [-0.25, -0.2) is 0 Å². The van der Waals surface area contributed by atoms with Gasteiger partial charge in [0.05, 0.1) is 0 Å². The van der Waals surface area contributed by atoms with Crippen molar-refractivity contribution in [2.75, 3.05) is 26.3 Å². The van der Waals surface area contributed by atoms with Crippen molar-refractivity contribution in [2.45, 2.75) is 32.6 Å². The van der Waals surface area contributed by atoms with Crippen LogP contribution < -0.4 is 5.32 Å². The third-order valence-electron chi connectivity index (χ3n) is 3.01. The fourth-order valence-electron chi connectivity index (χ4n) is 2.04. The van der Waals surface area contributed by atoms with Crippen LogP contribution in [-0.4, -0.2) is 26.3 Å². The zero-order valence-electron chi connectivity index (χ0n) is 11.4. The first-order chi connectivity index (χ1) is 8.77. The van der Waals surface area contributed by atoms with Gasteiger partial charge in [0.25, 0.3) is 0 Å². The fraction of sp³-hybridized carbons (Fsp3) is 0.600. The van der Waals surface area contributed by atoms with Crippen LogP contribution in [-0.2, 0) is 4.74 Å². The minimum Gasteiger partial charge on any atom is -0.382 e. The van der Waals surface area contributed by atoms with Crippen molar-refractivity contribution in [3.63, 3.8) is 0 Å². The average molecular weight is 314 g/mol. The largest absolute Gasteiger partial charge is 0.382 e. The van der Waals surface area contributed by atoms with E-state index in [0.29, 0.717) is 5.92 Å². The number of nitrogens with one attached hydrogen (secondary N) is 1. The highest BCUT2D eigenvalue weighted by Gasteiger charge is 2.11. The Balaban J connectivity index is 2.54. The number of likely N-dealkylation sites (N-methyl/N-ethyl adjacent to an activating group) is 1. The predicted octanol–water partition coefficient (Wildman–Crippen LogP) is 3.96. The number of hydrogen-bond donors (Lipinski definition) is 1. The first-order valence-corrected chi connectivity index (χ1v) is 7.61. The third-order valence-corrected chi connectivity index (χ3v) is 3.50. The maximum Gasteiger partial charge on any atom is 0.0466 e. The molecule has 1 N–H and O–H groups in total. The number of ether oxygens (including phenoxy) is 1. The van der Waals surface area contributed by atoms with Crippen LogP contribution in [0.3, 0.4) is 0 Å². The molecule has 1 aromatic rings. The second-order valence-electron chi connectivity index (χ2n) is 4.40. The van der Waals surface area contributed by atoms with Crippen LogP contribution in [0.1, 0.15) is 38.2 Å². The molecule has 1 unspecified atom stereocenters. The summed E-state index contributed by atoms with van der Waals surface area (Å²) in [5.74, 6) is 0.572. The predicted molar refractivity (Wildman–Crippen MR) is 81.2 cm³/mol. The van der Waals surface area contributed by atoms with Crippen LogP contribution in [0.4, 0.5) is 0 Å². The summed E-state index contributed by atoms with van der Waals surface area (Å²) < 4.78 is 6.58. The molecule has 0 saturated carbocycles. The smallest absolute Gasteiger partial charge is 0.0466 e. The molecule has 2 nitrogen and oxygen atoms in total. The molecule has 0 aliphatic rings. The van der Waals surface area contributed by atoms with E-state index in [9.17, 15) is 0 Å². The van der Waals surface area contributed by atoms with E-state index in [1.165, 1.54) is 12.0 Å². The van der Waals surface area contributed by atoms with E-state index >= 15 is 0 Å². The second-order valence-corrected chi connectivity index (χ2v) is 5.31. The normalized spacial score (nSPS) is 12.6. The lowest BCUT2D eigenvalue weighted by Gasteiger charge is -2.18. The molecule has 0 aliphatic heterocycles. The van der Waals surface area contributed by atoms with Gasteiger partial charge in [0.2, 0.25) is 0 Å². The van der Waals surface area contributed by atoms with E-state index < -0.39 is 0 Å². The molecule has 102 valence electrons. The summed E-state index contributed by atoms with van der Waals surface area (Å²) in [5, 5.41) is 3.45. The maximum absolute atomic E-state index is 5.42. The van der Waals surface area contributed by atoms with Crippen LogP contribution in [0.5, 0.6) is 0 Å². The molecule has 0 fully saturated rings. The second kappa shape index (κ2) is 9.54. The Bertz CT molecular complexity index is 330. The molecule has 0 aromatic heterocycles. The van der Waals surface area contributed by atoms with E-state index in [4.69, 9.17) is 4.74 Å². The highest BCUT2D eigenvalue weighted by molar-refractivity contribution is 9.10. The van der Waals surface area contributed by atoms with Crippen molar-refractivity contribution >= 4 is 15.9 Å². The summed E-state index contributed by atoms with van der Waals surface area (Å²) in [6.45, 7) is 7.94. The lowest BCUT2D eigenvalue weighted by Crippen LogP contribution is -2.21. The standard InChI is InChI=1S/C15H24BrNO/c1-3-17-12-14(8-6-10-18-4-2)13-7-5-9-15(16)11-13/h5,7,9,11,14,17H,3-4,6,8,10,12H2,1-2H3. The maximum atomic E-state index is 5.42. The van der Waals surface area contributed by atoms with Crippen molar-refractivity contribution in [1.82, 2.24) is 5.32 Å². The molecule has 3 heteroatoms. The fourth-order valence-corrected chi connectivity index (χ4v) is 2.46. The third kappa shape index (κ3) is 5.98. The molecule has 0 aliphatic carbocycles. The Morgan fingerprint density at radius 3 is 2.83 bits per heavy atom. The molecule has 0 radical (unpaired) electrons. The van der Waals surface area contributed by atoms with Gasteiger partial charge in [0, 0.05) is 24.2 Å². The molecule has 0 saturated heterocycles. The van der Waals surface area contributed by atoms with Gasteiger partial charge in [-0.15, -0.1) is 0 Å². The number of hydrogen-bond acceptors (Lipinski definition) is 2. The van der Waals surface area contributed by atoms with Crippen molar-refractivity contribution in [3.8, 4) is 0 Å². The topological polar surface area (TPSA) is 21.3 Å². The first kappa shape index (κ1) is 15.7. The minimum absolute atomic E-state index is 0.572.